The van der Waals surface area contributed by atoms with Gasteiger partial charge in [-0.1, -0.05) is 23.4 Å². The van der Waals surface area contributed by atoms with Crippen molar-refractivity contribution in [2.24, 2.45) is 0 Å². The van der Waals surface area contributed by atoms with E-state index in [1.54, 1.807) is 16.2 Å². The van der Waals surface area contributed by atoms with E-state index in [2.05, 4.69) is 20.1 Å². The minimum absolute atomic E-state index is 0.0635. The number of thiophene rings is 1. The van der Waals surface area contributed by atoms with Crippen LogP contribution in [0.5, 0.6) is 0 Å². The van der Waals surface area contributed by atoms with Crippen LogP contribution in [0.2, 0.25) is 0 Å². The number of amides is 1. The van der Waals surface area contributed by atoms with Crippen LogP contribution >= 0.6 is 11.3 Å². The summed E-state index contributed by atoms with van der Waals surface area (Å²) in [7, 11) is 0. The van der Waals surface area contributed by atoms with Crippen molar-refractivity contribution in [1.82, 2.24) is 25.0 Å². The van der Waals surface area contributed by atoms with Crippen molar-refractivity contribution in [3.8, 4) is 10.7 Å². The summed E-state index contributed by atoms with van der Waals surface area (Å²) in [5.41, 5.74) is 1.84. The van der Waals surface area contributed by atoms with Crippen LogP contribution in [0.1, 0.15) is 22.3 Å². The van der Waals surface area contributed by atoms with Gasteiger partial charge in [-0.2, -0.15) is 4.98 Å². The van der Waals surface area contributed by atoms with Crippen molar-refractivity contribution in [1.29, 1.82) is 0 Å². The van der Waals surface area contributed by atoms with Crippen LogP contribution in [-0.4, -0.2) is 44.0 Å². The molecule has 0 unspecified atom stereocenters. The topological polar surface area (TPSA) is 85.0 Å². The molecule has 0 aliphatic carbocycles. The first-order valence-electron chi connectivity index (χ1n) is 8.16. The molecule has 7 nitrogen and oxygen atoms in total. The fourth-order valence-corrected chi connectivity index (χ4v) is 3.58. The number of carbonyl (C=O) groups excluding carboxylic acids is 1. The molecule has 0 atom stereocenters. The molecule has 128 valence electrons. The molecule has 1 saturated heterocycles. The highest BCUT2D eigenvalue weighted by atomic mass is 32.1. The Labute approximate surface area is 152 Å². The second-order valence-electron chi connectivity index (χ2n) is 6.08. The van der Waals surface area contributed by atoms with E-state index in [9.17, 15) is 4.79 Å². The first-order chi connectivity index (χ1) is 12.8. The minimum atomic E-state index is -0.127. The zero-order valence-corrected chi connectivity index (χ0v) is 14.4. The molecule has 1 aromatic carbocycles. The number of carbonyl (C=O) groups is 1. The molecule has 0 radical (unpaired) electrons. The summed E-state index contributed by atoms with van der Waals surface area (Å²) in [6.07, 6.45) is 1.53. The first-order valence-corrected chi connectivity index (χ1v) is 9.04. The van der Waals surface area contributed by atoms with Crippen LogP contribution in [0.25, 0.3) is 21.7 Å². The third kappa shape index (κ3) is 2.55. The van der Waals surface area contributed by atoms with Gasteiger partial charge in [0, 0.05) is 13.1 Å². The van der Waals surface area contributed by atoms with E-state index in [-0.39, 0.29) is 11.8 Å². The molecule has 0 saturated carbocycles. The van der Waals surface area contributed by atoms with Crippen LogP contribution < -0.4 is 0 Å². The summed E-state index contributed by atoms with van der Waals surface area (Å²) in [6, 6.07) is 11.4. The number of likely N-dealkylation sites (tertiary alicyclic amines) is 1. The number of fused-ring (bicyclic) bond motifs is 1. The van der Waals surface area contributed by atoms with Gasteiger partial charge in [0.15, 0.2) is 0 Å². The third-order valence-corrected chi connectivity index (χ3v) is 5.23. The van der Waals surface area contributed by atoms with E-state index in [4.69, 9.17) is 4.52 Å². The lowest BCUT2D eigenvalue weighted by Gasteiger charge is -2.36. The molecule has 1 aliphatic rings. The average molecular weight is 363 g/mol. The molecule has 1 amide bonds. The number of nitrogens with zero attached hydrogens (tertiary/aromatic N) is 5. The summed E-state index contributed by atoms with van der Waals surface area (Å²) in [5, 5.41) is 5.99. The molecule has 8 heteroatoms. The molecule has 3 aromatic heterocycles. The van der Waals surface area contributed by atoms with E-state index in [1.165, 1.54) is 6.20 Å². The number of hydrogen-bond acceptors (Lipinski definition) is 7. The molecular formula is C18H13N5O2S. The molecule has 1 fully saturated rings. The van der Waals surface area contributed by atoms with Gasteiger partial charge in [0.2, 0.25) is 11.7 Å². The maximum atomic E-state index is 12.6. The molecule has 4 aromatic rings. The molecule has 4 heterocycles. The van der Waals surface area contributed by atoms with Crippen molar-refractivity contribution in [3.63, 3.8) is 0 Å². The molecule has 0 N–H and O–H groups in total. The second-order valence-corrected chi connectivity index (χ2v) is 7.03. The lowest BCUT2D eigenvalue weighted by atomic mass is 9.99. The highest BCUT2D eigenvalue weighted by Gasteiger charge is 2.36. The number of para-hydroxylation sites is 2. The number of aromatic nitrogens is 4. The Kier molecular flexibility index (Phi) is 3.49. The Morgan fingerprint density at radius 2 is 1.96 bits per heavy atom. The average Bonchev–Trinajstić information content (AvgIpc) is 3.31. The maximum Gasteiger partial charge on any atom is 0.274 e. The summed E-state index contributed by atoms with van der Waals surface area (Å²) < 4.78 is 5.36. The normalized spacial score (nSPS) is 14.5. The largest absolute Gasteiger partial charge is 0.339 e. The van der Waals surface area contributed by atoms with E-state index >= 15 is 0 Å². The van der Waals surface area contributed by atoms with Crippen molar-refractivity contribution < 1.29 is 9.32 Å². The standard InChI is InChI=1S/C18H13N5O2S/c24-18(14-8-19-12-4-1-2-5-13(12)20-14)23-9-11(10-23)17-21-16(22-25-17)15-6-3-7-26-15/h1-8,11H,9-10H2. The van der Waals surface area contributed by atoms with Crippen molar-refractivity contribution in [3.05, 3.63) is 59.6 Å². The van der Waals surface area contributed by atoms with E-state index in [0.717, 1.165) is 10.4 Å². The van der Waals surface area contributed by atoms with Gasteiger partial charge in [0.1, 0.15) is 5.69 Å². The van der Waals surface area contributed by atoms with Gasteiger partial charge in [-0.15, -0.1) is 11.3 Å². The Bertz CT molecular complexity index is 1090. The number of hydrogen-bond donors (Lipinski definition) is 0. The molecule has 0 spiro atoms. The van der Waals surface area contributed by atoms with Crippen molar-refractivity contribution in [2.75, 3.05) is 13.1 Å². The Balaban J connectivity index is 1.29. The number of benzene rings is 1. The summed E-state index contributed by atoms with van der Waals surface area (Å²) >= 11 is 1.57. The van der Waals surface area contributed by atoms with Crippen molar-refractivity contribution >= 4 is 28.3 Å². The predicted molar refractivity (Wildman–Crippen MR) is 95.8 cm³/mol. The lowest BCUT2D eigenvalue weighted by molar-refractivity contribution is 0.0563. The third-order valence-electron chi connectivity index (χ3n) is 4.37. The quantitative estimate of drug-likeness (QED) is 0.556. The van der Waals surface area contributed by atoms with Gasteiger partial charge in [-0.25, -0.2) is 4.98 Å². The van der Waals surface area contributed by atoms with Gasteiger partial charge >= 0.3 is 0 Å². The maximum absolute atomic E-state index is 12.6. The van der Waals surface area contributed by atoms with E-state index in [1.807, 2.05) is 41.8 Å². The molecule has 5 rings (SSSR count). The van der Waals surface area contributed by atoms with Gasteiger partial charge in [0.25, 0.3) is 5.91 Å². The smallest absolute Gasteiger partial charge is 0.274 e. The first kappa shape index (κ1) is 15.2. The van der Waals surface area contributed by atoms with Crippen molar-refractivity contribution in [2.45, 2.75) is 5.92 Å². The van der Waals surface area contributed by atoms with Crippen LogP contribution in [0.3, 0.4) is 0 Å². The molecular weight excluding hydrogens is 350 g/mol. The SMILES string of the molecule is O=C(c1cnc2ccccc2n1)N1CC(c2nc(-c3cccs3)no2)C1. The zero-order valence-electron chi connectivity index (χ0n) is 13.6. The minimum Gasteiger partial charge on any atom is -0.339 e. The molecule has 26 heavy (non-hydrogen) atoms. The molecule has 1 aliphatic heterocycles. The Morgan fingerprint density at radius 1 is 1.12 bits per heavy atom. The predicted octanol–water partition coefficient (Wildman–Crippen LogP) is 2.98. The fraction of sp³-hybridized carbons (Fsp3) is 0.167. The summed E-state index contributed by atoms with van der Waals surface area (Å²) in [4.78, 5) is 28.5. The second kappa shape index (κ2) is 5.99. The Hall–Kier alpha value is -3.13. The van der Waals surface area contributed by atoms with Crippen LogP contribution in [0, 0.1) is 0 Å². The van der Waals surface area contributed by atoms with Crippen LogP contribution in [-0.2, 0) is 0 Å². The monoisotopic (exact) mass is 363 g/mol. The number of rotatable bonds is 3. The van der Waals surface area contributed by atoms with Gasteiger partial charge in [0.05, 0.1) is 28.0 Å². The highest BCUT2D eigenvalue weighted by molar-refractivity contribution is 7.13. The van der Waals surface area contributed by atoms with Crippen LogP contribution in [0.15, 0.2) is 52.5 Å². The zero-order chi connectivity index (χ0) is 17.5. The highest BCUT2D eigenvalue weighted by Crippen LogP contribution is 2.29. The van der Waals surface area contributed by atoms with E-state index < -0.39 is 0 Å². The molecule has 0 bridgehead atoms. The summed E-state index contributed by atoms with van der Waals surface area (Å²) in [5.74, 6) is 1.10. The summed E-state index contributed by atoms with van der Waals surface area (Å²) in [6.45, 7) is 1.08. The van der Waals surface area contributed by atoms with Gasteiger partial charge in [-0.05, 0) is 23.6 Å². The lowest BCUT2D eigenvalue weighted by Crippen LogP contribution is -2.48. The Morgan fingerprint density at radius 3 is 2.77 bits per heavy atom. The van der Waals surface area contributed by atoms with Gasteiger partial charge in [-0.3, -0.25) is 9.78 Å². The van der Waals surface area contributed by atoms with E-state index in [0.29, 0.717) is 36.0 Å². The van der Waals surface area contributed by atoms with Gasteiger partial charge < -0.3 is 9.42 Å². The van der Waals surface area contributed by atoms with Crippen LogP contribution in [0.4, 0.5) is 0 Å². The fourth-order valence-electron chi connectivity index (χ4n) is 2.93.